The van der Waals surface area contributed by atoms with E-state index in [0.29, 0.717) is 6.54 Å². The number of carbonyl (C=O) groups excluding carboxylic acids is 1. The van der Waals surface area contributed by atoms with Gasteiger partial charge in [-0.1, -0.05) is 17.7 Å². The van der Waals surface area contributed by atoms with Crippen LogP contribution in [0.4, 0.5) is 17.1 Å². The van der Waals surface area contributed by atoms with Crippen LogP contribution < -0.4 is 16.0 Å². The molecule has 0 aromatic heterocycles. The SMILES string of the molecule is CCN(CC(=O)Nc1ccc(C)cc1)c1ccc(N)cc1. The molecule has 3 N–H and O–H groups in total. The van der Waals surface area contributed by atoms with Crippen LogP contribution >= 0.6 is 0 Å². The fourth-order valence-electron chi connectivity index (χ4n) is 2.08. The summed E-state index contributed by atoms with van der Waals surface area (Å²) < 4.78 is 0. The van der Waals surface area contributed by atoms with Crippen LogP contribution in [0, 0.1) is 6.92 Å². The second-order valence-corrected chi connectivity index (χ2v) is 5.02. The van der Waals surface area contributed by atoms with Gasteiger partial charge in [-0.3, -0.25) is 4.79 Å². The van der Waals surface area contributed by atoms with Crippen molar-refractivity contribution in [2.75, 3.05) is 29.0 Å². The summed E-state index contributed by atoms with van der Waals surface area (Å²) in [6.07, 6.45) is 0. The molecule has 0 unspecified atom stereocenters. The molecular weight excluding hydrogens is 262 g/mol. The first-order valence-electron chi connectivity index (χ1n) is 7.05. The molecule has 0 radical (unpaired) electrons. The normalized spacial score (nSPS) is 10.2. The number of carbonyl (C=O) groups is 1. The minimum absolute atomic E-state index is 0.0301. The zero-order chi connectivity index (χ0) is 15.2. The molecule has 0 bridgehead atoms. The Balaban J connectivity index is 1.99. The fourth-order valence-corrected chi connectivity index (χ4v) is 2.08. The summed E-state index contributed by atoms with van der Waals surface area (Å²) >= 11 is 0. The van der Waals surface area contributed by atoms with E-state index in [2.05, 4.69) is 5.32 Å². The summed E-state index contributed by atoms with van der Waals surface area (Å²) in [5.74, 6) is -0.0301. The average Bonchev–Trinajstić information content (AvgIpc) is 2.48. The molecule has 21 heavy (non-hydrogen) atoms. The zero-order valence-corrected chi connectivity index (χ0v) is 12.5. The van der Waals surface area contributed by atoms with Crippen molar-refractivity contribution in [1.82, 2.24) is 0 Å². The molecule has 4 heteroatoms. The zero-order valence-electron chi connectivity index (χ0n) is 12.5. The summed E-state index contributed by atoms with van der Waals surface area (Å²) in [5.41, 5.74) is 9.39. The molecule has 2 aromatic carbocycles. The number of anilines is 3. The second-order valence-electron chi connectivity index (χ2n) is 5.02. The van der Waals surface area contributed by atoms with Crippen LogP contribution in [0.2, 0.25) is 0 Å². The third-order valence-electron chi connectivity index (χ3n) is 3.31. The molecule has 0 aliphatic carbocycles. The van der Waals surface area contributed by atoms with Crippen molar-refractivity contribution < 1.29 is 4.79 Å². The van der Waals surface area contributed by atoms with Crippen LogP contribution in [0.3, 0.4) is 0 Å². The molecule has 2 aromatic rings. The number of hydrogen-bond acceptors (Lipinski definition) is 3. The maximum absolute atomic E-state index is 12.1. The molecule has 0 atom stereocenters. The molecule has 0 aliphatic rings. The van der Waals surface area contributed by atoms with E-state index in [1.807, 2.05) is 67.3 Å². The standard InChI is InChI=1S/C17H21N3O/c1-3-20(16-10-6-14(18)7-11-16)12-17(21)19-15-8-4-13(2)5-9-15/h4-11H,3,12,18H2,1-2H3,(H,19,21). The van der Waals surface area contributed by atoms with Crippen LogP contribution in [0.15, 0.2) is 48.5 Å². The number of aryl methyl sites for hydroxylation is 1. The van der Waals surface area contributed by atoms with Gasteiger partial charge in [-0.15, -0.1) is 0 Å². The summed E-state index contributed by atoms with van der Waals surface area (Å²) in [7, 11) is 0. The lowest BCUT2D eigenvalue weighted by Gasteiger charge is -2.22. The third-order valence-corrected chi connectivity index (χ3v) is 3.31. The second kappa shape index (κ2) is 6.79. The van der Waals surface area contributed by atoms with Gasteiger partial charge in [-0.25, -0.2) is 0 Å². The van der Waals surface area contributed by atoms with Crippen molar-refractivity contribution in [2.45, 2.75) is 13.8 Å². The highest BCUT2D eigenvalue weighted by Crippen LogP contribution is 2.16. The van der Waals surface area contributed by atoms with Gasteiger partial charge in [0.2, 0.25) is 5.91 Å². The maximum atomic E-state index is 12.1. The molecule has 2 rings (SSSR count). The smallest absolute Gasteiger partial charge is 0.243 e. The van der Waals surface area contributed by atoms with Gasteiger partial charge in [-0.05, 0) is 50.2 Å². The van der Waals surface area contributed by atoms with Crippen LogP contribution in [0.25, 0.3) is 0 Å². The Morgan fingerprint density at radius 1 is 1.10 bits per heavy atom. The molecule has 4 nitrogen and oxygen atoms in total. The summed E-state index contributed by atoms with van der Waals surface area (Å²) in [4.78, 5) is 14.1. The van der Waals surface area contributed by atoms with Gasteiger partial charge < -0.3 is 16.0 Å². The van der Waals surface area contributed by atoms with Gasteiger partial charge in [-0.2, -0.15) is 0 Å². The molecule has 1 amide bonds. The quantitative estimate of drug-likeness (QED) is 0.829. The van der Waals surface area contributed by atoms with E-state index in [4.69, 9.17) is 5.73 Å². The van der Waals surface area contributed by atoms with Gasteiger partial charge in [0.15, 0.2) is 0 Å². The summed E-state index contributed by atoms with van der Waals surface area (Å²) in [6, 6.07) is 15.3. The van der Waals surface area contributed by atoms with Crippen LogP contribution in [0.1, 0.15) is 12.5 Å². The number of amides is 1. The number of rotatable bonds is 5. The lowest BCUT2D eigenvalue weighted by Crippen LogP contribution is -2.33. The predicted octanol–water partition coefficient (Wildman–Crippen LogP) is 3.04. The van der Waals surface area contributed by atoms with E-state index in [1.165, 1.54) is 5.56 Å². The van der Waals surface area contributed by atoms with Crippen molar-refractivity contribution >= 4 is 23.0 Å². The van der Waals surface area contributed by atoms with E-state index in [0.717, 1.165) is 23.6 Å². The molecule has 0 aliphatic heterocycles. The van der Waals surface area contributed by atoms with Crippen molar-refractivity contribution in [1.29, 1.82) is 0 Å². The molecule has 0 heterocycles. The third kappa shape index (κ3) is 4.24. The van der Waals surface area contributed by atoms with E-state index < -0.39 is 0 Å². The lowest BCUT2D eigenvalue weighted by molar-refractivity contribution is -0.115. The Morgan fingerprint density at radius 3 is 2.29 bits per heavy atom. The Kier molecular flexibility index (Phi) is 4.82. The monoisotopic (exact) mass is 283 g/mol. The van der Waals surface area contributed by atoms with Crippen LogP contribution in [-0.4, -0.2) is 19.0 Å². The first-order chi connectivity index (χ1) is 10.1. The topological polar surface area (TPSA) is 58.4 Å². The summed E-state index contributed by atoms with van der Waals surface area (Å²) in [5, 5.41) is 2.91. The number of nitrogens with two attached hydrogens (primary N) is 1. The molecule has 0 saturated carbocycles. The van der Waals surface area contributed by atoms with Crippen molar-refractivity contribution in [3.8, 4) is 0 Å². The predicted molar refractivity (Wildman–Crippen MR) is 88.6 cm³/mol. The highest BCUT2D eigenvalue weighted by atomic mass is 16.2. The molecule has 0 fully saturated rings. The first-order valence-corrected chi connectivity index (χ1v) is 7.05. The van der Waals surface area contributed by atoms with Gasteiger partial charge in [0, 0.05) is 23.6 Å². The Bertz CT molecular complexity index is 590. The van der Waals surface area contributed by atoms with Crippen molar-refractivity contribution in [2.24, 2.45) is 0 Å². The minimum Gasteiger partial charge on any atom is -0.399 e. The Hall–Kier alpha value is -2.49. The molecule has 110 valence electrons. The van der Waals surface area contributed by atoms with E-state index >= 15 is 0 Å². The number of nitrogens with one attached hydrogen (secondary N) is 1. The molecule has 0 saturated heterocycles. The van der Waals surface area contributed by atoms with E-state index in [1.54, 1.807) is 0 Å². The van der Waals surface area contributed by atoms with Crippen LogP contribution in [-0.2, 0) is 4.79 Å². The Labute approximate surface area is 125 Å². The number of hydrogen-bond donors (Lipinski definition) is 2. The Morgan fingerprint density at radius 2 is 1.71 bits per heavy atom. The largest absolute Gasteiger partial charge is 0.399 e. The number of likely N-dealkylation sites (N-methyl/N-ethyl adjacent to an activating group) is 1. The number of nitrogens with zero attached hydrogens (tertiary/aromatic N) is 1. The average molecular weight is 283 g/mol. The summed E-state index contributed by atoms with van der Waals surface area (Å²) in [6.45, 7) is 5.11. The van der Waals surface area contributed by atoms with E-state index in [-0.39, 0.29) is 5.91 Å². The van der Waals surface area contributed by atoms with Crippen molar-refractivity contribution in [3.05, 3.63) is 54.1 Å². The minimum atomic E-state index is -0.0301. The van der Waals surface area contributed by atoms with Gasteiger partial charge in [0.05, 0.1) is 6.54 Å². The number of nitrogen functional groups attached to an aromatic ring is 1. The fraction of sp³-hybridized carbons (Fsp3) is 0.235. The maximum Gasteiger partial charge on any atom is 0.243 e. The van der Waals surface area contributed by atoms with E-state index in [9.17, 15) is 4.79 Å². The lowest BCUT2D eigenvalue weighted by atomic mass is 10.2. The van der Waals surface area contributed by atoms with Gasteiger partial charge >= 0.3 is 0 Å². The molecular formula is C17H21N3O. The van der Waals surface area contributed by atoms with Crippen LogP contribution in [0.5, 0.6) is 0 Å². The highest BCUT2D eigenvalue weighted by molar-refractivity contribution is 5.94. The van der Waals surface area contributed by atoms with Gasteiger partial charge in [0.25, 0.3) is 0 Å². The van der Waals surface area contributed by atoms with Gasteiger partial charge in [0.1, 0.15) is 0 Å². The number of benzene rings is 2. The highest BCUT2D eigenvalue weighted by Gasteiger charge is 2.10. The first kappa shape index (κ1) is 14.9. The molecule has 0 spiro atoms. The van der Waals surface area contributed by atoms with Crippen molar-refractivity contribution in [3.63, 3.8) is 0 Å².